The summed E-state index contributed by atoms with van der Waals surface area (Å²) < 4.78 is 1.68. The molecule has 2 N–H and O–H groups in total. The van der Waals surface area contributed by atoms with Crippen molar-refractivity contribution in [2.75, 3.05) is 14.1 Å². The van der Waals surface area contributed by atoms with Crippen molar-refractivity contribution in [3.8, 4) is 0 Å². The molecule has 1 aromatic rings. The van der Waals surface area contributed by atoms with E-state index in [2.05, 4.69) is 15.6 Å². The van der Waals surface area contributed by atoms with E-state index in [1.165, 1.54) is 0 Å². The van der Waals surface area contributed by atoms with Crippen LogP contribution in [0.15, 0.2) is 28.1 Å². The molecule has 0 aliphatic heterocycles. The van der Waals surface area contributed by atoms with Gasteiger partial charge in [0, 0.05) is 38.9 Å². The number of pyridine rings is 1. The zero-order chi connectivity index (χ0) is 12.0. The van der Waals surface area contributed by atoms with Crippen LogP contribution >= 0.6 is 24.0 Å². The van der Waals surface area contributed by atoms with Crippen molar-refractivity contribution >= 4 is 29.9 Å². The van der Waals surface area contributed by atoms with E-state index >= 15 is 0 Å². The molecule has 1 aromatic heterocycles. The highest BCUT2D eigenvalue weighted by Crippen LogP contribution is 1.91. The van der Waals surface area contributed by atoms with Gasteiger partial charge in [-0.3, -0.25) is 9.79 Å². The van der Waals surface area contributed by atoms with Crippen molar-refractivity contribution in [1.82, 2.24) is 15.2 Å². The van der Waals surface area contributed by atoms with Crippen molar-refractivity contribution in [3.63, 3.8) is 0 Å². The van der Waals surface area contributed by atoms with Gasteiger partial charge in [-0.15, -0.1) is 24.0 Å². The standard InChI is InChI=1S/C11H18N4O.HI/c1-4-15-7-5-6-9(10(15)16)8-14-11(12-2)13-3;/h5-7H,4,8H2,1-3H3,(H2,12,13,14);1H. The van der Waals surface area contributed by atoms with Gasteiger partial charge in [0.25, 0.3) is 5.56 Å². The number of guanidine groups is 1. The van der Waals surface area contributed by atoms with Crippen LogP contribution in [0.25, 0.3) is 0 Å². The minimum absolute atomic E-state index is 0. The van der Waals surface area contributed by atoms with Crippen LogP contribution in [-0.4, -0.2) is 24.6 Å². The molecule has 0 saturated heterocycles. The lowest BCUT2D eigenvalue weighted by Gasteiger charge is -2.09. The molecule has 0 unspecified atom stereocenters. The van der Waals surface area contributed by atoms with Crippen LogP contribution in [-0.2, 0) is 13.1 Å². The SMILES string of the molecule is CCn1cccc(CNC(=NC)NC)c1=O.I. The molecule has 1 rings (SSSR count). The van der Waals surface area contributed by atoms with Crippen LogP contribution in [0.2, 0.25) is 0 Å². The molecule has 1 heterocycles. The highest BCUT2D eigenvalue weighted by Gasteiger charge is 2.02. The first kappa shape index (κ1) is 16.0. The van der Waals surface area contributed by atoms with Gasteiger partial charge < -0.3 is 15.2 Å². The van der Waals surface area contributed by atoms with Crippen LogP contribution in [0, 0.1) is 0 Å². The fourth-order valence-electron chi connectivity index (χ4n) is 1.43. The number of nitrogens with one attached hydrogen (secondary N) is 2. The summed E-state index contributed by atoms with van der Waals surface area (Å²) in [6, 6.07) is 3.70. The van der Waals surface area contributed by atoms with Gasteiger partial charge in [-0.1, -0.05) is 6.07 Å². The number of aryl methyl sites for hydroxylation is 1. The van der Waals surface area contributed by atoms with Crippen LogP contribution < -0.4 is 16.2 Å². The minimum Gasteiger partial charge on any atom is -0.359 e. The quantitative estimate of drug-likeness (QED) is 0.481. The summed E-state index contributed by atoms with van der Waals surface area (Å²) in [6.45, 7) is 3.12. The molecule has 0 atom stereocenters. The summed E-state index contributed by atoms with van der Waals surface area (Å²) >= 11 is 0. The first-order chi connectivity index (χ1) is 7.72. The summed E-state index contributed by atoms with van der Waals surface area (Å²) in [5, 5.41) is 5.95. The Kier molecular flexibility index (Phi) is 7.60. The van der Waals surface area contributed by atoms with Gasteiger partial charge in [0.05, 0.1) is 0 Å². The smallest absolute Gasteiger partial charge is 0.255 e. The van der Waals surface area contributed by atoms with Crippen molar-refractivity contribution in [3.05, 3.63) is 34.2 Å². The van der Waals surface area contributed by atoms with E-state index in [9.17, 15) is 4.79 Å². The molecular formula is C11H19IN4O. The number of hydrogen-bond donors (Lipinski definition) is 2. The number of nitrogens with zero attached hydrogens (tertiary/aromatic N) is 2. The number of aliphatic imine (C=N–C) groups is 1. The first-order valence-corrected chi connectivity index (χ1v) is 5.29. The van der Waals surface area contributed by atoms with Gasteiger partial charge >= 0.3 is 0 Å². The Morgan fingerprint density at radius 3 is 2.76 bits per heavy atom. The predicted molar refractivity (Wildman–Crippen MR) is 81.0 cm³/mol. The third kappa shape index (κ3) is 4.37. The molecule has 0 radical (unpaired) electrons. The second-order valence-electron chi connectivity index (χ2n) is 3.30. The first-order valence-electron chi connectivity index (χ1n) is 5.29. The molecule has 17 heavy (non-hydrogen) atoms. The third-order valence-electron chi connectivity index (χ3n) is 2.35. The topological polar surface area (TPSA) is 58.4 Å². The van der Waals surface area contributed by atoms with Crippen LogP contribution in [0.3, 0.4) is 0 Å². The lowest BCUT2D eigenvalue weighted by atomic mass is 10.2. The van der Waals surface area contributed by atoms with Gasteiger partial charge in [0.1, 0.15) is 0 Å². The Balaban J connectivity index is 0.00000256. The summed E-state index contributed by atoms with van der Waals surface area (Å²) in [4.78, 5) is 15.8. The fraction of sp³-hybridized carbons (Fsp3) is 0.455. The van der Waals surface area contributed by atoms with Crippen LogP contribution in [0.1, 0.15) is 12.5 Å². The summed E-state index contributed by atoms with van der Waals surface area (Å²) in [5.41, 5.74) is 0.782. The Labute approximate surface area is 118 Å². The normalized spacial score (nSPS) is 10.6. The van der Waals surface area contributed by atoms with Crippen molar-refractivity contribution in [2.24, 2.45) is 4.99 Å². The van der Waals surface area contributed by atoms with Gasteiger partial charge in [0.15, 0.2) is 5.96 Å². The van der Waals surface area contributed by atoms with E-state index in [4.69, 9.17) is 0 Å². The molecule has 0 bridgehead atoms. The van der Waals surface area contributed by atoms with E-state index < -0.39 is 0 Å². The zero-order valence-corrected chi connectivity index (χ0v) is 12.7. The Morgan fingerprint density at radius 2 is 2.24 bits per heavy atom. The monoisotopic (exact) mass is 350 g/mol. The molecule has 0 aromatic carbocycles. The molecular weight excluding hydrogens is 331 g/mol. The molecule has 0 aliphatic rings. The lowest BCUT2D eigenvalue weighted by molar-refractivity contribution is 0.707. The van der Waals surface area contributed by atoms with Gasteiger partial charge in [-0.25, -0.2) is 0 Å². The second-order valence-corrected chi connectivity index (χ2v) is 3.30. The summed E-state index contributed by atoms with van der Waals surface area (Å²) in [5.74, 6) is 0.673. The summed E-state index contributed by atoms with van der Waals surface area (Å²) in [7, 11) is 3.47. The van der Waals surface area contributed by atoms with Crippen molar-refractivity contribution < 1.29 is 0 Å². The molecule has 0 amide bonds. The average Bonchev–Trinajstić information content (AvgIpc) is 2.32. The van der Waals surface area contributed by atoms with E-state index in [-0.39, 0.29) is 29.5 Å². The third-order valence-corrected chi connectivity index (χ3v) is 2.35. The molecule has 0 spiro atoms. The molecule has 0 saturated carbocycles. The van der Waals surface area contributed by atoms with Crippen LogP contribution in [0.4, 0.5) is 0 Å². The van der Waals surface area contributed by atoms with Gasteiger partial charge in [-0.05, 0) is 13.0 Å². The van der Waals surface area contributed by atoms with Crippen LogP contribution in [0.5, 0.6) is 0 Å². The number of hydrogen-bond acceptors (Lipinski definition) is 2. The lowest BCUT2D eigenvalue weighted by Crippen LogP contribution is -2.36. The number of halogens is 1. The average molecular weight is 350 g/mol. The maximum Gasteiger partial charge on any atom is 0.255 e. The highest BCUT2D eigenvalue weighted by molar-refractivity contribution is 14.0. The van der Waals surface area contributed by atoms with E-state index in [0.717, 1.165) is 5.56 Å². The van der Waals surface area contributed by atoms with Crippen molar-refractivity contribution in [2.45, 2.75) is 20.0 Å². The number of aromatic nitrogens is 1. The molecule has 96 valence electrons. The van der Waals surface area contributed by atoms with E-state index in [1.807, 2.05) is 19.1 Å². The molecule has 6 heteroatoms. The number of rotatable bonds is 3. The van der Waals surface area contributed by atoms with Crippen molar-refractivity contribution in [1.29, 1.82) is 0 Å². The maximum atomic E-state index is 11.9. The Hall–Kier alpha value is -1.05. The fourth-order valence-corrected chi connectivity index (χ4v) is 1.43. The minimum atomic E-state index is 0. The summed E-state index contributed by atoms with van der Waals surface area (Å²) in [6.07, 6.45) is 1.79. The predicted octanol–water partition coefficient (Wildman–Crippen LogP) is 0.781. The van der Waals surface area contributed by atoms with E-state index in [1.54, 1.807) is 24.9 Å². The maximum absolute atomic E-state index is 11.9. The second kappa shape index (κ2) is 8.10. The molecule has 0 aliphatic carbocycles. The molecule has 0 fully saturated rings. The van der Waals surface area contributed by atoms with E-state index in [0.29, 0.717) is 19.0 Å². The van der Waals surface area contributed by atoms with Gasteiger partial charge in [-0.2, -0.15) is 0 Å². The largest absolute Gasteiger partial charge is 0.359 e. The van der Waals surface area contributed by atoms with Gasteiger partial charge in [0.2, 0.25) is 0 Å². The molecule has 5 nitrogen and oxygen atoms in total. The zero-order valence-electron chi connectivity index (χ0n) is 10.4. The Bertz CT molecular complexity index is 428. The highest BCUT2D eigenvalue weighted by atomic mass is 127. The Morgan fingerprint density at radius 1 is 1.53 bits per heavy atom.